The van der Waals surface area contributed by atoms with Crippen LogP contribution in [-0.2, 0) is 10.0 Å². The molecule has 184 valence electrons. The van der Waals surface area contributed by atoms with Crippen molar-refractivity contribution in [1.82, 2.24) is 4.98 Å². The minimum Gasteiger partial charge on any atom is -0.486 e. The lowest BCUT2D eigenvalue weighted by Crippen LogP contribution is -2.30. The molecule has 0 saturated carbocycles. The van der Waals surface area contributed by atoms with Gasteiger partial charge in [-0.3, -0.25) is 14.4 Å². The van der Waals surface area contributed by atoms with Crippen LogP contribution in [0.2, 0.25) is 0 Å². The third-order valence-electron chi connectivity index (χ3n) is 5.60. The number of nitrogens with one attached hydrogen (secondary N) is 1. The van der Waals surface area contributed by atoms with E-state index in [0.29, 0.717) is 46.8 Å². The van der Waals surface area contributed by atoms with Gasteiger partial charge in [-0.05, 0) is 61.5 Å². The summed E-state index contributed by atoms with van der Waals surface area (Å²) in [5.41, 5.74) is 2.46. The van der Waals surface area contributed by atoms with Crippen molar-refractivity contribution < 1.29 is 22.7 Å². The van der Waals surface area contributed by atoms with Gasteiger partial charge < -0.3 is 9.47 Å². The van der Waals surface area contributed by atoms with Crippen LogP contribution in [0, 0.1) is 0 Å². The maximum absolute atomic E-state index is 13.2. The zero-order valence-corrected chi connectivity index (χ0v) is 21.0. The Balaban J connectivity index is 1.29. The third kappa shape index (κ3) is 4.77. The normalized spacial score (nSPS) is 12.7. The summed E-state index contributed by atoms with van der Waals surface area (Å²) in [5.74, 6) is 0.990. The minimum atomic E-state index is -3.77. The molecule has 2 heterocycles. The van der Waals surface area contributed by atoms with Gasteiger partial charge >= 0.3 is 0 Å². The minimum absolute atomic E-state index is 0.111. The van der Waals surface area contributed by atoms with E-state index in [0.717, 1.165) is 5.56 Å². The summed E-state index contributed by atoms with van der Waals surface area (Å²) in [7, 11) is -3.77. The summed E-state index contributed by atoms with van der Waals surface area (Å²) in [5, 5.41) is 5.06. The van der Waals surface area contributed by atoms with Crippen LogP contribution >= 0.6 is 11.3 Å². The van der Waals surface area contributed by atoms with E-state index in [1.165, 1.54) is 39.9 Å². The number of sulfonamides is 1. The molecule has 1 amide bonds. The Morgan fingerprint density at radius 3 is 2.44 bits per heavy atom. The number of anilines is 2. The smallest absolute Gasteiger partial charge is 0.264 e. The lowest BCUT2D eigenvalue weighted by molar-refractivity contribution is 0.102. The van der Waals surface area contributed by atoms with Crippen LogP contribution in [0.15, 0.2) is 83.1 Å². The molecule has 0 fully saturated rings. The first-order chi connectivity index (χ1) is 17.5. The topological polar surface area (TPSA) is 97.8 Å². The zero-order valence-electron chi connectivity index (χ0n) is 19.4. The van der Waals surface area contributed by atoms with E-state index >= 15 is 0 Å². The molecule has 0 unspecified atom stereocenters. The van der Waals surface area contributed by atoms with Crippen LogP contribution in [0.25, 0.3) is 11.3 Å². The average Bonchev–Trinajstić information content (AvgIpc) is 3.38. The fourth-order valence-electron chi connectivity index (χ4n) is 3.83. The molecule has 0 saturated heterocycles. The first-order valence-electron chi connectivity index (χ1n) is 11.3. The van der Waals surface area contributed by atoms with Crippen LogP contribution in [0.3, 0.4) is 0 Å². The average molecular weight is 522 g/mol. The number of hydrogen-bond acceptors (Lipinski definition) is 7. The van der Waals surface area contributed by atoms with Gasteiger partial charge in [-0.1, -0.05) is 18.2 Å². The van der Waals surface area contributed by atoms with E-state index in [1.54, 1.807) is 31.2 Å². The summed E-state index contributed by atoms with van der Waals surface area (Å²) in [6, 6.07) is 20.4. The molecule has 0 spiro atoms. The van der Waals surface area contributed by atoms with E-state index < -0.39 is 10.0 Å². The number of hydrogen-bond donors (Lipinski definition) is 1. The third-order valence-corrected chi connectivity index (χ3v) is 8.27. The number of ether oxygens (including phenoxy) is 2. The van der Waals surface area contributed by atoms with Crippen LogP contribution in [0.4, 0.5) is 10.8 Å². The molecule has 3 aromatic carbocycles. The summed E-state index contributed by atoms with van der Waals surface area (Å²) in [6.07, 6.45) is 0. The molecule has 0 bridgehead atoms. The standard InChI is InChI=1S/C26H23N3O5S2/c1-2-29(20-6-4-3-5-7-20)36(31,32)21-11-8-18(9-12-21)25(30)28-26-27-22(17-35-26)19-10-13-23-24(16-19)34-15-14-33-23/h3-13,16-17H,2,14-15H2,1H3,(H,27,28,30). The second-order valence-corrected chi connectivity index (χ2v) is 10.6. The Labute approximate surface area is 213 Å². The van der Waals surface area contributed by atoms with Gasteiger partial charge in [-0.25, -0.2) is 13.4 Å². The number of amides is 1. The number of fused-ring (bicyclic) bond motifs is 1. The van der Waals surface area contributed by atoms with Crippen LogP contribution in [0.1, 0.15) is 17.3 Å². The van der Waals surface area contributed by atoms with E-state index in [2.05, 4.69) is 10.3 Å². The Kier molecular flexibility index (Phi) is 6.62. The van der Waals surface area contributed by atoms with Crippen LogP contribution in [-0.4, -0.2) is 39.1 Å². The second-order valence-electron chi connectivity index (χ2n) is 7.88. The Morgan fingerprint density at radius 2 is 1.72 bits per heavy atom. The number of carbonyl (C=O) groups excluding carboxylic acids is 1. The molecule has 0 aliphatic carbocycles. The highest BCUT2D eigenvalue weighted by molar-refractivity contribution is 7.92. The molecular formula is C26H23N3O5S2. The maximum atomic E-state index is 13.2. The highest BCUT2D eigenvalue weighted by Gasteiger charge is 2.24. The fraction of sp³-hybridized carbons (Fsp3) is 0.154. The van der Waals surface area contributed by atoms with E-state index in [4.69, 9.17) is 9.47 Å². The molecule has 0 radical (unpaired) electrons. The number of benzene rings is 3. The van der Waals surface area contributed by atoms with Gasteiger partial charge in [-0.2, -0.15) is 0 Å². The van der Waals surface area contributed by atoms with Crippen molar-refractivity contribution >= 4 is 38.1 Å². The lowest BCUT2D eigenvalue weighted by atomic mass is 10.1. The molecule has 1 aliphatic rings. The first-order valence-corrected chi connectivity index (χ1v) is 13.6. The van der Waals surface area contributed by atoms with Gasteiger partial charge in [0.1, 0.15) is 13.2 Å². The van der Waals surface area contributed by atoms with Crippen LogP contribution in [0.5, 0.6) is 11.5 Å². The fourth-order valence-corrected chi connectivity index (χ4v) is 6.02. The van der Waals surface area contributed by atoms with Gasteiger partial charge in [-0.15, -0.1) is 11.3 Å². The monoisotopic (exact) mass is 521 g/mol. The van der Waals surface area contributed by atoms with Gasteiger partial charge in [0.05, 0.1) is 16.3 Å². The molecule has 1 N–H and O–H groups in total. The zero-order chi connectivity index (χ0) is 25.1. The number of para-hydroxylation sites is 1. The number of aromatic nitrogens is 1. The van der Waals surface area contributed by atoms with Crippen molar-refractivity contribution in [3.63, 3.8) is 0 Å². The Morgan fingerprint density at radius 1 is 1.00 bits per heavy atom. The summed E-state index contributed by atoms with van der Waals surface area (Å²) in [4.78, 5) is 17.4. The van der Waals surface area contributed by atoms with Gasteiger partial charge in [0.15, 0.2) is 16.6 Å². The van der Waals surface area contributed by atoms with Crippen molar-refractivity contribution in [2.45, 2.75) is 11.8 Å². The van der Waals surface area contributed by atoms with Gasteiger partial charge in [0.25, 0.3) is 15.9 Å². The lowest BCUT2D eigenvalue weighted by Gasteiger charge is -2.22. The number of carbonyl (C=O) groups is 1. The molecule has 5 rings (SSSR count). The summed E-state index contributed by atoms with van der Waals surface area (Å²) in [6.45, 7) is 3.08. The quantitative estimate of drug-likeness (QED) is 0.366. The summed E-state index contributed by atoms with van der Waals surface area (Å²) >= 11 is 1.30. The molecule has 4 aromatic rings. The van der Waals surface area contributed by atoms with Crippen molar-refractivity contribution in [2.75, 3.05) is 29.4 Å². The molecule has 8 nitrogen and oxygen atoms in total. The van der Waals surface area contributed by atoms with Crippen molar-refractivity contribution in [2.24, 2.45) is 0 Å². The largest absolute Gasteiger partial charge is 0.486 e. The van der Waals surface area contributed by atoms with Gasteiger partial charge in [0.2, 0.25) is 0 Å². The second kappa shape index (κ2) is 10.00. The Bertz CT molecular complexity index is 1490. The molecular weight excluding hydrogens is 498 g/mol. The predicted octanol–water partition coefficient (Wildman–Crippen LogP) is 5.05. The van der Waals surface area contributed by atoms with E-state index in [9.17, 15) is 13.2 Å². The highest BCUT2D eigenvalue weighted by atomic mass is 32.2. The summed E-state index contributed by atoms with van der Waals surface area (Å²) < 4.78 is 38.8. The molecule has 1 aromatic heterocycles. The first kappa shape index (κ1) is 23.8. The van der Waals surface area contributed by atoms with E-state index in [-0.39, 0.29) is 17.3 Å². The number of rotatable bonds is 7. The molecule has 10 heteroatoms. The number of nitrogens with zero attached hydrogens (tertiary/aromatic N) is 2. The molecule has 36 heavy (non-hydrogen) atoms. The Hall–Kier alpha value is -3.89. The number of thiazole rings is 1. The van der Waals surface area contributed by atoms with E-state index in [1.807, 2.05) is 29.6 Å². The maximum Gasteiger partial charge on any atom is 0.264 e. The van der Waals surface area contributed by atoms with Crippen LogP contribution < -0.4 is 19.1 Å². The molecule has 0 atom stereocenters. The SMILES string of the molecule is CCN(c1ccccc1)S(=O)(=O)c1ccc(C(=O)Nc2nc(-c3ccc4c(c3)OCCO4)cs2)cc1. The van der Waals surface area contributed by atoms with Gasteiger partial charge in [0, 0.05) is 23.1 Å². The van der Waals surface area contributed by atoms with Crippen molar-refractivity contribution in [3.05, 3.63) is 83.7 Å². The van der Waals surface area contributed by atoms with Crippen molar-refractivity contribution in [1.29, 1.82) is 0 Å². The highest BCUT2D eigenvalue weighted by Crippen LogP contribution is 2.35. The molecule has 1 aliphatic heterocycles. The van der Waals surface area contributed by atoms with Crippen molar-refractivity contribution in [3.8, 4) is 22.8 Å². The predicted molar refractivity (Wildman–Crippen MR) is 140 cm³/mol.